The summed E-state index contributed by atoms with van der Waals surface area (Å²) in [5.74, 6) is 1.61. The number of likely N-dealkylation sites (tertiary alicyclic amines) is 1. The molecule has 4 fully saturated rings. The third-order valence-electron chi connectivity index (χ3n) is 7.07. The second-order valence-corrected chi connectivity index (χ2v) is 9.05. The largest absolute Gasteiger partial charge is 0.485 e. The fourth-order valence-electron chi connectivity index (χ4n) is 5.33. The van der Waals surface area contributed by atoms with Gasteiger partial charge in [0, 0.05) is 6.04 Å². The Morgan fingerprint density at radius 3 is 2.63 bits per heavy atom. The maximum absolute atomic E-state index is 6.26. The molecule has 0 saturated carbocycles. The van der Waals surface area contributed by atoms with Gasteiger partial charge in [-0.15, -0.1) is 5.10 Å². The van der Waals surface area contributed by atoms with Crippen molar-refractivity contribution in [3.8, 4) is 5.75 Å². The monoisotopic (exact) mass is 412 g/mol. The van der Waals surface area contributed by atoms with Crippen LogP contribution >= 0.6 is 0 Å². The summed E-state index contributed by atoms with van der Waals surface area (Å²) in [6.45, 7) is 6.16. The maximum Gasteiger partial charge on any atom is 0.318 e. The summed E-state index contributed by atoms with van der Waals surface area (Å²) in [5.41, 5.74) is 1.32. The van der Waals surface area contributed by atoms with Gasteiger partial charge < -0.3 is 23.5 Å². The summed E-state index contributed by atoms with van der Waals surface area (Å²) in [7, 11) is 0. The fourth-order valence-corrected chi connectivity index (χ4v) is 5.33. The van der Waals surface area contributed by atoms with Crippen LogP contribution in [0, 0.1) is 0 Å². The summed E-state index contributed by atoms with van der Waals surface area (Å²) in [4.78, 5) is 4.73. The van der Waals surface area contributed by atoms with Gasteiger partial charge >= 0.3 is 6.01 Å². The van der Waals surface area contributed by atoms with E-state index in [1.54, 1.807) is 0 Å². The van der Waals surface area contributed by atoms with Crippen LogP contribution in [-0.4, -0.2) is 78.8 Å². The van der Waals surface area contributed by atoms with Gasteiger partial charge in [-0.25, -0.2) is 0 Å². The number of piperidine rings is 1. The number of hydrogen-bond acceptors (Lipinski definition) is 8. The molecule has 5 heterocycles. The second-order valence-electron chi connectivity index (χ2n) is 9.05. The number of aromatic nitrogens is 2. The molecule has 0 aliphatic carbocycles. The predicted molar refractivity (Wildman–Crippen MR) is 109 cm³/mol. The van der Waals surface area contributed by atoms with Crippen molar-refractivity contribution in [2.45, 2.75) is 42.9 Å². The molecule has 30 heavy (non-hydrogen) atoms. The molecule has 8 nitrogen and oxygen atoms in total. The van der Waals surface area contributed by atoms with Gasteiger partial charge in [0.1, 0.15) is 17.5 Å². The quantitative estimate of drug-likeness (QED) is 0.739. The van der Waals surface area contributed by atoms with E-state index in [-0.39, 0.29) is 11.7 Å². The predicted octanol–water partition coefficient (Wildman–Crippen LogP) is 2.07. The number of benzene rings is 1. The zero-order valence-electron chi connectivity index (χ0n) is 17.1. The lowest BCUT2D eigenvalue weighted by atomic mass is 9.86. The van der Waals surface area contributed by atoms with Crippen LogP contribution in [0.2, 0.25) is 0 Å². The summed E-state index contributed by atoms with van der Waals surface area (Å²) in [5, 5.41) is 7.77. The Labute approximate surface area is 176 Å². The van der Waals surface area contributed by atoms with Crippen LogP contribution in [-0.2, 0) is 9.47 Å². The van der Waals surface area contributed by atoms with Crippen LogP contribution in [0.1, 0.15) is 30.7 Å². The van der Waals surface area contributed by atoms with Gasteiger partial charge in [-0.2, -0.15) is 0 Å². The first-order valence-corrected chi connectivity index (χ1v) is 11.0. The Morgan fingerprint density at radius 1 is 1.07 bits per heavy atom. The molecule has 8 heteroatoms. The van der Waals surface area contributed by atoms with Gasteiger partial charge in [-0.1, -0.05) is 23.3 Å². The average molecular weight is 412 g/mol. The minimum Gasteiger partial charge on any atom is -0.485 e. The SMILES string of the molecule is c1ccc(C2CCN(C3COC4(C3)CN(c3nnco3)C4)CC2)c(OC2COC2)c1. The number of rotatable bonds is 5. The molecule has 0 radical (unpaired) electrons. The molecule has 1 aromatic heterocycles. The molecule has 1 spiro atoms. The van der Waals surface area contributed by atoms with Crippen LogP contribution in [0.4, 0.5) is 6.01 Å². The van der Waals surface area contributed by atoms with Crippen molar-refractivity contribution in [3.05, 3.63) is 36.2 Å². The van der Waals surface area contributed by atoms with Crippen LogP contribution in [0.15, 0.2) is 35.1 Å². The van der Waals surface area contributed by atoms with E-state index in [1.807, 2.05) is 0 Å². The molecular weight excluding hydrogens is 384 g/mol. The Bertz CT molecular complexity index is 858. The van der Waals surface area contributed by atoms with Gasteiger partial charge in [0.05, 0.1) is 32.9 Å². The van der Waals surface area contributed by atoms with Crippen molar-refractivity contribution in [1.82, 2.24) is 15.1 Å². The van der Waals surface area contributed by atoms with E-state index in [0.717, 1.165) is 45.0 Å². The standard InChI is InChI=1S/C22H28N4O4/c1-2-4-20(30-18-11-27-12-18)19(3-1)16-5-7-25(8-6-16)17-9-22(29-10-17)13-26(14-22)21-24-23-15-28-21/h1-4,15-18H,5-14H2. The van der Waals surface area contributed by atoms with E-state index in [1.165, 1.54) is 24.8 Å². The molecule has 1 aromatic carbocycles. The first-order valence-electron chi connectivity index (χ1n) is 11.0. The highest BCUT2D eigenvalue weighted by Gasteiger charge is 2.52. The molecule has 4 aliphatic heterocycles. The Hall–Kier alpha value is -2.16. The van der Waals surface area contributed by atoms with Crippen LogP contribution in [0.3, 0.4) is 0 Å². The number of ether oxygens (including phenoxy) is 3. The lowest BCUT2D eigenvalue weighted by Crippen LogP contribution is -2.62. The van der Waals surface area contributed by atoms with E-state index in [4.69, 9.17) is 18.6 Å². The molecule has 2 aromatic rings. The summed E-state index contributed by atoms with van der Waals surface area (Å²) >= 11 is 0. The van der Waals surface area contributed by atoms with E-state index >= 15 is 0 Å². The van der Waals surface area contributed by atoms with E-state index < -0.39 is 0 Å². The molecule has 1 atom stereocenters. The average Bonchev–Trinajstić information content (AvgIpc) is 3.40. The minimum atomic E-state index is -0.0404. The van der Waals surface area contributed by atoms with Crippen molar-refractivity contribution in [3.63, 3.8) is 0 Å². The molecule has 0 amide bonds. The molecule has 160 valence electrons. The first-order chi connectivity index (χ1) is 14.8. The fraction of sp³-hybridized carbons (Fsp3) is 0.636. The Kier molecular flexibility index (Phi) is 4.66. The van der Waals surface area contributed by atoms with E-state index in [0.29, 0.717) is 31.2 Å². The molecule has 4 saturated heterocycles. The smallest absolute Gasteiger partial charge is 0.318 e. The minimum absolute atomic E-state index is 0.0404. The van der Waals surface area contributed by atoms with E-state index in [2.05, 4.69) is 44.3 Å². The van der Waals surface area contributed by atoms with Crippen LogP contribution in [0.25, 0.3) is 0 Å². The van der Waals surface area contributed by atoms with E-state index in [9.17, 15) is 0 Å². The van der Waals surface area contributed by atoms with Crippen LogP contribution < -0.4 is 9.64 Å². The number of anilines is 1. The maximum atomic E-state index is 6.26. The van der Waals surface area contributed by atoms with Crippen molar-refractivity contribution >= 4 is 6.01 Å². The van der Waals surface area contributed by atoms with Crippen molar-refractivity contribution in [2.24, 2.45) is 0 Å². The van der Waals surface area contributed by atoms with Crippen LogP contribution in [0.5, 0.6) is 5.75 Å². The lowest BCUT2D eigenvalue weighted by molar-refractivity contribution is -0.0801. The molecule has 0 bridgehead atoms. The topological polar surface area (TPSA) is 73.1 Å². The molecule has 4 aliphatic rings. The van der Waals surface area contributed by atoms with Gasteiger partial charge in [-0.3, -0.25) is 4.90 Å². The summed E-state index contributed by atoms with van der Waals surface area (Å²) in [6.07, 6.45) is 5.01. The highest BCUT2D eigenvalue weighted by molar-refractivity contribution is 5.37. The van der Waals surface area contributed by atoms with Gasteiger partial charge in [0.2, 0.25) is 6.39 Å². The summed E-state index contributed by atoms with van der Waals surface area (Å²) in [6, 6.07) is 9.66. The van der Waals surface area contributed by atoms with Gasteiger partial charge in [0.15, 0.2) is 0 Å². The normalized spacial score (nSPS) is 27.2. The Morgan fingerprint density at radius 2 is 1.90 bits per heavy atom. The number of nitrogens with zero attached hydrogens (tertiary/aromatic N) is 4. The third-order valence-corrected chi connectivity index (χ3v) is 7.07. The van der Waals surface area contributed by atoms with Gasteiger partial charge in [-0.05, 0) is 49.9 Å². The zero-order valence-corrected chi connectivity index (χ0v) is 17.1. The third kappa shape index (κ3) is 3.36. The van der Waals surface area contributed by atoms with Gasteiger partial charge in [0.25, 0.3) is 0 Å². The molecule has 6 rings (SSSR count). The molecule has 0 N–H and O–H groups in total. The highest BCUT2D eigenvalue weighted by Crippen LogP contribution is 2.41. The molecular formula is C22H28N4O4. The second kappa shape index (κ2) is 7.51. The number of para-hydroxylation sites is 1. The lowest BCUT2D eigenvalue weighted by Gasteiger charge is -2.46. The summed E-state index contributed by atoms with van der Waals surface area (Å²) < 4.78 is 23.0. The van der Waals surface area contributed by atoms with Crippen molar-refractivity contribution in [1.29, 1.82) is 0 Å². The zero-order chi connectivity index (χ0) is 20.0. The highest BCUT2D eigenvalue weighted by atomic mass is 16.6. The molecule has 1 unspecified atom stereocenters. The van der Waals surface area contributed by atoms with Crippen molar-refractivity contribution in [2.75, 3.05) is 50.9 Å². The Balaban J connectivity index is 1.04. The number of hydrogen-bond donors (Lipinski definition) is 0. The first kappa shape index (κ1) is 18.6. The van der Waals surface area contributed by atoms with Crippen molar-refractivity contribution < 1.29 is 18.6 Å².